The van der Waals surface area contributed by atoms with Gasteiger partial charge in [-0.15, -0.1) is 11.8 Å². The highest BCUT2D eigenvalue weighted by Gasteiger charge is 2.32. The number of likely N-dealkylation sites (tertiary alicyclic amines) is 1. The van der Waals surface area contributed by atoms with Crippen molar-refractivity contribution in [2.24, 2.45) is 11.8 Å². The fourth-order valence-electron chi connectivity index (χ4n) is 5.19. The predicted molar refractivity (Wildman–Crippen MR) is 139 cm³/mol. The summed E-state index contributed by atoms with van der Waals surface area (Å²) in [5.41, 5.74) is 0.417. The topological polar surface area (TPSA) is 62.7 Å². The first-order valence-electron chi connectivity index (χ1n) is 12.5. The third kappa shape index (κ3) is 6.96. The van der Waals surface area contributed by atoms with Gasteiger partial charge in [-0.1, -0.05) is 0 Å². The lowest BCUT2D eigenvalue weighted by Crippen LogP contribution is -2.42. The average Bonchev–Trinajstić information content (AvgIpc) is 2.89. The Hall–Kier alpha value is -2.85. The molecule has 0 amide bonds. The van der Waals surface area contributed by atoms with Crippen LogP contribution >= 0.6 is 11.8 Å². The van der Waals surface area contributed by atoms with Crippen molar-refractivity contribution in [3.05, 3.63) is 65.6 Å². The fraction of sp³-hybridized carbons (Fsp3) is 0.429. The number of pyridine rings is 1. The van der Waals surface area contributed by atoms with Gasteiger partial charge in [-0.2, -0.15) is 0 Å². The number of halogens is 4. The molecule has 1 N–H and O–H groups in total. The molecular weight excluding hydrogens is 520 g/mol. The Bertz CT molecular complexity index is 1280. The van der Waals surface area contributed by atoms with Gasteiger partial charge < -0.3 is 14.7 Å². The van der Waals surface area contributed by atoms with Crippen molar-refractivity contribution in [2.75, 3.05) is 32.5 Å². The number of alkyl halides is 1. The molecule has 3 aromatic rings. The van der Waals surface area contributed by atoms with Gasteiger partial charge in [0, 0.05) is 41.1 Å². The van der Waals surface area contributed by atoms with Crippen LogP contribution in [0.15, 0.2) is 47.5 Å². The molecule has 1 aromatic heterocycles. The molecule has 1 fully saturated rings. The number of carbonyl (C=O) groups is 1. The summed E-state index contributed by atoms with van der Waals surface area (Å²) in [5.74, 6) is -1.84. The third-order valence-corrected chi connectivity index (χ3v) is 8.15. The zero-order valence-electron chi connectivity index (χ0n) is 21.0. The van der Waals surface area contributed by atoms with E-state index in [2.05, 4.69) is 9.88 Å². The van der Waals surface area contributed by atoms with Crippen LogP contribution in [0.5, 0.6) is 5.75 Å². The van der Waals surface area contributed by atoms with E-state index in [1.807, 2.05) is 0 Å². The van der Waals surface area contributed by atoms with E-state index in [1.54, 1.807) is 18.2 Å². The summed E-state index contributed by atoms with van der Waals surface area (Å²) in [7, 11) is 1.48. The van der Waals surface area contributed by atoms with E-state index in [4.69, 9.17) is 4.74 Å². The number of ether oxygens (including phenoxy) is 1. The molecule has 0 bridgehead atoms. The normalized spacial score (nSPS) is 19.0. The van der Waals surface area contributed by atoms with Gasteiger partial charge in [-0.25, -0.2) is 17.6 Å². The van der Waals surface area contributed by atoms with Crippen molar-refractivity contribution >= 4 is 28.6 Å². The van der Waals surface area contributed by atoms with Gasteiger partial charge in [-0.3, -0.25) is 9.78 Å². The van der Waals surface area contributed by atoms with E-state index in [1.165, 1.54) is 18.9 Å². The molecule has 1 aliphatic heterocycles. The SMILES string of the molecule is COc1ccc2ncc(F)c([C@@H](F)CC[C@@H]3CCN(CCSc4cc(F)ccc4F)C[C@H]3CC(=O)O)c2c1. The number of aliphatic carboxylic acids is 1. The number of thioether (sulfide) groups is 1. The predicted octanol–water partition coefficient (Wildman–Crippen LogP) is 6.66. The van der Waals surface area contributed by atoms with Crippen molar-refractivity contribution in [3.8, 4) is 5.75 Å². The summed E-state index contributed by atoms with van der Waals surface area (Å²) in [5, 5.41) is 9.83. The van der Waals surface area contributed by atoms with Crippen molar-refractivity contribution < 1.29 is 32.2 Å². The lowest BCUT2D eigenvalue weighted by molar-refractivity contribution is -0.139. The molecule has 10 heteroatoms. The Balaban J connectivity index is 1.38. The van der Waals surface area contributed by atoms with E-state index in [9.17, 15) is 23.1 Å². The first-order chi connectivity index (χ1) is 18.2. The van der Waals surface area contributed by atoms with Crippen LogP contribution in [0, 0.1) is 29.3 Å². The molecule has 0 spiro atoms. The smallest absolute Gasteiger partial charge is 0.303 e. The highest BCUT2D eigenvalue weighted by atomic mass is 32.2. The van der Waals surface area contributed by atoms with E-state index >= 15 is 4.39 Å². The molecule has 204 valence electrons. The van der Waals surface area contributed by atoms with Crippen LogP contribution in [-0.2, 0) is 4.79 Å². The number of aromatic nitrogens is 1. The van der Waals surface area contributed by atoms with Crippen LogP contribution in [-0.4, -0.2) is 53.5 Å². The van der Waals surface area contributed by atoms with Crippen molar-refractivity contribution in [2.45, 2.75) is 36.8 Å². The van der Waals surface area contributed by atoms with Crippen LogP contribution in [0.25, 0.3) is 10.9 Å². The zero-order valence-corrected chi connectivity index (χ0v) is 21.8. The maximum absolute atomic E-state index is 15.5. The quantitative estimate of drug-likeness (QED) is 0.213. The minimum Gasteiger partial charge on any atom is -0.497 e. The molecule has 1 aliphatic rings. The Morgan fingerprint density at radius 3 is 2.76 bits per heavy atom. The lowest BCUT2D eigenvalue weighted by Gasteiger charge is -2.38. The van der Waals surface area contributed by atoms with Gasteiger partial charge >= 0.3 is 5.97 Å². The summed E-state index contributed by atoms with van der Waals surface area (Å²) >= 11 is 1.22. The number of methoxy groups -OCH3 is 1. The first-order valence-corrected chi connectivity index (χ1v) is 13.5. The average molecular weight is 551 g/mol. The van der Waals surface area contributed by atoms with E-state index in [0.717, 1.165) is 24.4 Å². The minimum absolute atomic E-state index is 0.0281. The highest BCUT2D eigenvalue weighted by Crippen LogP contribution is 2.37. The van der Waals surface area contributed by atoms with Crippen molar-refractivity contribution in [1.29, 1.82) is 0 Å². The molecule has 0 aliphatic carbocycles. The number of fused-ring (bicyclic) bond motifs is 1. The molecule has 4 rings (SSSR count). The first kappa shape index (κ1) is 28.2. The molecule has 1 saturated heterocycles. The van der Waals surface area contributed by atoms with Crippen LogP contribution in [0.1, 0.15) is 37.4 Å². The van der Waals surface area contributed by atoms with Gasteiger partial charge in [-0.05, 0) is 74.0 Å². The Morgan fingerprint density at radius 2 is 2.00 bits per heavy atom. The van der Waals surface area contributed by atoms with Crippen LogP contribution in [0.4, 0.5) is 17.6 Å². The highest BCUT2D eigenvalue weighted by molar-refractivity contribution is 7.99. The summed E-state index contributed by atoms with van der Waals surface area (Å²) in [6.45, 7) is 1.79. The molecule has 5 nitrogen and oxygen atoms in total. The van der Waals surface area contributed by atoms with Gasteiger partial charge in [0.1, 0.15) is 29.4 Å². The summed E-state index contributed by atoms with van der Waals surface area (Å²) < 4.78 is 62.7. The number of nitrogens with zero attached hydrogens (tertiary/aromatic N) is 2. The number of piperidine rings is 1. The summed E-state index contributed by atoms with van der Waals surface area (Å²) in [4.78, 5) is 18.0. The minimum atomic E-state index is -1.58. The molecule has 2 heterocycles. The second-order valence-corrected chi connectivity index (χ2v) is 10.7. The largest absolute Gasteiger partial charge is 0.497 e. The second kappa shape index (κ2) is 12.8. The Labute approximate surface area is 223 Å². The Morgan fingerprint density at radius 1 is 1.18 bits per heavy atom. The van der Waals surface area contributed by atoms with E-state index in [-0.39, 0.29) is 35.1 Å². The second-order valence-electron chi connectivity index (χ2n) is 9.58. The lowest BCUT2D eigenvalue weighted by atomic mass is 9.79. The molecule has 0 unspecified atom stereocenters. The fourth-order valence-corrected chi connectivity index (χ4v) is 6.16. The van der Waals surface area contributed by atoms with Crippen LogP contribution < -0.4 is 4.74 Å². The number of benzene rings is 2. The molecule has 38 heavy (non-hydrogen) atoms. The Kier molecular flexibility index (Phi) is 9.49. The molecule has 0 radical (unpaired) electrons. The van der Waals surface area contributed by atoms with Gasteiger partial charge in [0.2, 0.25) is 0 Å². The number of carboxylic acids is 1. The van der Waals surface area contributed by atoms with Gasteiger partial charge in [0.15, 0.2) is 0 Å². The number of carboxylic acid groups (broad SMARTS) is 1. The summed E-state index contributed by atoms with van der Waals surface area (Å²) in [6, 6.07) is 8.25. The third-order valence-electron chi connectivity index (χ3n) is 7.14. The molecule has 3 atom stereocenters. The monoisotopic (exact) mass is 550 g/mol. The number of rotatable bonds is 11. The van der Waals surface area contributed by atoms with Crippen LogP contribution in [0.2, 0.25) is 0 Å². The zero-order chi connectivity index (χ0) is 27.2. The van der Waals surface area contributed by atoms with Crippen molar-refractivity contribution in [1.82, 2.24) is 9.88 Å². The molecular formula is C28H30F4N2O3S. The number of hydrogen-bond acceptors (Lipinski definition) is 5. The standard InChI is InChI=1S/C28H30F4N2O3S/c1-37-20-4-7-25-21(14-20)28(24(32)15-33-25)23(31)5-2-17-8-9-34(16-18(17)12-27(35)36)10-11-38-26-13-19(29)3-6-22(26)30/h3-4,6-7,13-15,17-18,23H,2,5,8-12,16H2,1H3,(H,35,36)/t17-,18-,23+/m1/s1. The van der Waals surface area contributed by atoms with E-state index < -0.39 is 29.6 Å². The van der Waals surface area contributed by atoms with Crippen molar-refractivity contribution in [3.63, 3.8) is 0 Å². The molecule has 0 saturated carbocycles. The maximum Gasteiger partial charge on any atom is 0.303 e. The van der Waals surface area contributed by atoms with Gasteiger partial charge in [0.25, 0.3) is 0 Å². The molecule has 2 aromatic carbocycles. The number of hydrogen-bond donors (Lipinski definition) is 1. The van der Waals surface area contributed by atoms with Gasteiger partial charge in [0.05, 0.1) is 18.8 Å². The summed E-state index contributed by atoms with van der Waals surface area (Å²) in [6.07, 6.45) is 0.557. The maximum atomic E-state index is 15.5. The van der Waals surface area contributed by atoms with Crippen LogP contribution in [0.3, 0.4) is 0 Å². The van der Waals surface area contributed by atoms with E-state index in [0.29, 0.717) is 54.9 Å².